The summed E-state index contributed by atoms with van der Waals surface area (Å²) in [6, 6.07) is 24.7. The van der Waals surface area contributed by atoms with E-state index >= 15 is 0 Å². The maximum absolute atomic E-state index is 13.2. The highest BCUT2D eigenvalue weighted by Crippen LogP contribution is 2.60. The average Bonchev–Trinajstić information content (AvgIpc) is 3.08. The van der Waals surface area contributed by atoms with Crippen molar-refractivity contribution in [2.24, 2.45) is 23.2 Å². The number of hydrogen-bond donors (Lipinski definition) is 1. The molecule has 2 heterocycles. The molecule has 4 saturated carbocycles. The van der Waals surface area contributed by atoms with Crippen LogP contribution in [-0.2, 0) is 16.6 Å². The van der Waals surface area contributed by atoms with E-state index in [0.29, 0.717) is 30.2 Å². The lowest BCUT2D eigenvalue weighted by atomic mass is 9.50. The Morgan fingerprint density at radius 1 is 0.857 bits per heavy atom. The van der Waals surface area contributed by atoms with Crippen LogP contribution in [0.25, 0.3) is 21.9 Å². The molecule has 9 rings (SSSR count). The van der Waals surface area contributed by atoms with Gasteiger partial charge in [-0.1, -0.05) is 48.5 Å². The van der Waals surface area contributed by atoms with Crippen LogP contribution >= 0.6 is 0 Å². The molecule has 256 valence electrons. The predicted octanol–water partition coefficient (Wildman–Crippen LogP) is 6.29. The summed E-state index contributed by atoms with van der Waals surface area (Å²) >= 11 is 0. The van der Waals surface area contributed by atoms with Crippen molar-refractivity contribution in [2.75, 3.05) is 43.4 Å². The Bertz CT molecular complexity index is 1920. The van der Waals surface area contributed by atoms with Crippen LogP contribution in [0.2, 0.25) is 0 Å². The number of nitrogens with zero attached hydrogens (tertiary/aromatic N) is 4. The second-order valence-electron chi connectivity index (χ2n) is 14.9. The molecule has 10 heteroatoms. The van der Waals surface area contributed by atoms with Gasteiger partial charge in [0, 0.05) is 32.7 Å². The minimum absolute atomic E-state index is 0.0245. The van der Waals surface area contributed by atoms with Gasteiger partial charge in [-0.3, -0.25) is 9.69 Å². The number of hydrogen-bond acceptors (Lipinski definition) is 8. The molecule has 1 N–H and O–H groups in total. The molecule has 1 amide bonds. The minimum atomic E-state index is -3.78. The molecule has 1 aromatic heterocycles. The van der Waals surface area contributed by atoms with Gasteiger partial charge in [-0.15, -0.1) is 10.2 Å². The maximum atomic E-state index is 13.2. The number of rotatable bonds is 10. The lowest BCUT2D eigenvalue weighted by Crippen LogP contribution is -2.51. The monoisotopic (exact) mass is 679 g/mol. The summed E-state index contributed by atoms with van der Waals surface area (Å²) in [4.78, 5) is 17.6. The second-order valence-corrected chi connectivity index (χ2v) is 16.6. The minimum Gasteiger partial charge on any atom is -0.494 e. The molecule has 5 fully saturated rings. The first-order valence-corrected chi connectivity index (χ1v) is 19.5. The number of aromatic nitrogens is 2. The highest BCUT2D eigenvalue weighted by molar-refractivity contribution is 7.90. The number of ether oxygens (including phenoxy) is 1. The third kappa shape index (κ3) is 6.77. The van der Waals surface area contributed by atoms with Gasteiger partial charge < -0.3 is 9.64 Å². The Morgan fingerprint density at radius 2 is 1.57 bits per heavy atom. The normalized spacial score (nSPS) is 25.1. The van der Waals surface area contributed by atoms with E-state index in [1.807, 2.05) is 19.1 Å². The van der Waals surface area contributed by atoms with E-state index in [9.17, 15) is 13.2 Å². The number of piperazine rings is 1. The van der Waals surface area contributed by atoms with E-state index in [1.165, 1.54) is 41.2 Å². The Balaban J connectivity index is 0.878. The van der Waals surface area contributed by atoms with Crippen molar-refractivity contribution in [3.05, 3.63) is 84.1 Å². The van der Waals surface area contributed by atoms with Crippen molar-refractivity contribution < 1.29 is 17.9 Å². The highest BCUT2D eigenvalue weighted by Gasteiger charge is 2.52. The van der Waals surface area contributed by atoms with Gasteiger partial charge in [-0.25, -0.2) is 13.1 Å². The van der Waals surface area contributed by atoms with E-state index in [-0.39, 0.29) is 16.9 Å². The molecule has 4 aliphatic carbocycles. The molecule has 0 spiro atoms. The number of nitrogens with one attached hydrogen (secondary N) is 1. The van der Waals surface area contributed by atoms with Crippen molar-refractivity contribution in [1.82, 2.24) is 19.8 Å². The summed E-state index contributed by atoms with van der Waals surface area (Å²) in [5, 5.41) is 11.0. The molecule has 0 unspecified atom stereocenters. The van der Waals surface area contributed by atoms with Crippen LogP contribution in [0.4, 0.5) is 5.82 Å². The van der Waals surface area contributed by atoms with Gasteiger partial charge >= 0.3 is 0 Å². The lowest BCUT2D eigenvalue weighted by molar-refractivity contribution is -0.0391. The van der Waals surface area contributed by atoms with Crippen molar-refractivity contribution in [3.63, 3.8) is 0 Å². The molecule has 0 radical (unpaired) electrons. The summed E-state index contributed by atoms with van der Waals surface area (Å²) in [6.45, 7) is 6.76. The summed E-state index contributed by atoms with van der Waals surface area (Å²) in [5.41, 5.74) is 3.48. The van der Waals surface area contributed by atoms with Crippen molar-refractivity contribution >= 4 is 32.5 Å². The fraction of sp³-hybridized carbons (Fsp3) is 0.462. The van der Waals surface area contributed by atoms with Crippen LogP contribution in [0, 0.1) is 23.2 Å². The summed E-state index contributed by atoms with van der Waals surface area (Å²) in [5.74, 6) is 2.86. The van der Waals surface area contributed by atoms with Crippen molar-refractivity contribution in [3.8, 4) is 16.9 Å². The number of carbonyl (C=O) groups is 1. The summed E-state index contributed by atoms with van der Waals surface area (Å²) in [6.07, 6.45) is 6.67. The van der Waals surface area contributed by atoms with Crippen LogP contribution in [0.15, 0.2) is 72.8 Å². The Hall–Kier alpha value is -4.02. The fourth-order valence-corrected chi connectivity index (χ4v) is 11.4. The fourth-order valence-electron chi connectivity index (χ4n) is 9.76. The van der Waals surface area contributed by atoms with E-state index in [4.69, 9.17) is 4.74 Å². The third-order valence-electron chi connectivity index (χ3n) is 11.4. The zero-order valence-electron chi connectivity index (χ0n) is 28.2. The number of carbonyl (C=O) groups excluding carboxylic acids is 1. The van der Waals surface area contributed by atoms with Crippen LogP contribution in [-0.4, -0.2) is 68.0 Å². The van der Waals surface area contributed by atoms with Gasteiger partial charge in [-0.2, -0.15) is 0 Å². The zero-order valence-corrected chi connectivity index (χ0v) is 29.0. The molecule has 5 aliphatic rings. The Kier molecular flexibility index (Phi) is 8.56. The Labute approximate surface area is 289 Å². The van der Waals surface area contributed by atoms with E-state index in [0.717, 1.165) is 63.3 Å². The van der Waals surface area contributed by atoms with Gasteiger partial charge in [0.1, 0.15) is 5.75 Å². The van der Waals surface area contributed by atoms with Crippen LogP contribution in [0.5, 0.6) is 5.75 Å². The quantitative estimate of drug-likeness (QED) is 0.209. The van der Waals surface area contributed by atoms with E-state index < -0.39 is 15.9 Å². The number of fused-ring (bicyclic) bond motifs is 1. The smallest absolute Gasteiger partial charge is 0.285 e. The molecule has 1 aliphatic heterocycles. The van der Waals surface area contributed by atoms with Crippen LogP contribution in [0.3, 0.4) is 0 Å². The predicted molar refractivity (Wildman–Crippen MR) is 192 cm³/mol. The third-order valence-corrected chi connectivity index (χ3v) is 12.8. The topological polar surface area (TPSA) is 105 Å². The SMILES string of the molecule is CCOc1cccc(-c2ccc(CN3CCN(c4ccc(C(=O)NS(=O)(=O)CC56CC7CC(CC(C7)C5)C6)nn4)CC3)c3ccccc23)c1. The highest BCUT2D eigenvalue weighted by atomic mass is 32.2. The number of anilines is 1. The molecule has 9 nitrogen and oxygen atoms in total. The van der Waals surface area contributed by atoms with Crippen molar-refractivity contribution in [1.29, 1.82) is 0 Å². The summed E-state index contributed by atoms with van der Waals surface area (Å²) in [7, 11) is -3.78. The number of sulfonamides is 1. The average molecular weight is 680 g/mol. The standard InChI is InChI=1S/C39H45N5O4S/c1-2-48-32-7-5-6-30(21-32)34-11-10-31(33-8-3-4-9-35(33)34)25-43-14-16-44(17-15-43)37-13-12-36(40-41-37)38(45)42-49(46,47)26-39-22-27-18-28(23-39)20-29(19-27)24-39/h3-13,21,27-29H,2,14-20,22-26H2,1H3,(H,42,45). The van der Waals surface area contributed by atoms with Gasteiger partial charge in [-0.05, 0) is 120 Å². The first-order chi connectivity index (χ1) is 23.7. The lowest BCUT2D eigenvalue weighted by Gasteiger charge is -2.56. The van der Waals surface area contributed by atoms with Gasteiger partial charge in [0.05, 0.1) is 12.4 Å². The largest absolute Gasteiger partial charge is 0.494 e. The van der Waals surface area contributed by atoms with Crippen LogP contribution < -0.4 is 14.4 Å². The number of amides is 1. The maximum Gasteiger partial charge on any atom is 0.285 e. The molecule has 4 aromatic rings. The van der Waals surface area contributed by atoms with Gasteiger partial charge in [0.2, 0.25) is 10.0 Å². The van der Waals surface area contributed by atoms with Gasteiger partial charge in [0.15, 0.2) is 11.5 Å². The van der Waals surface area contributed by atoms with Gasteiger partial charge in [0.25, 0.3) is 5.91 Å². The molecule has 3 aromatic carbocycles. The Morgan fingerprint density at radius 3 is 2.24 bits per heavy atom. The molecular formula is C39H45N5O4S. The molecule has 1 saturated heterocycles. The molecule has 4 bridgehead atoms. The van der Waals surface area contributed by atoms with E-state index in [1.54, 1.807) is 12.1 Å². The summed E-state index contributed by atoms with van der Waals surface area (Å²) < 4.78 is 34.4. The first kappa shape index (κ1) is 32.2. The van der Waals surface area contributed by atoms with Crippen LogP contribution in [0.1, 0.15) is 61.5 Å². The van der Waals surface area contributed by atoms with Crippen molar-refractivity contribution in [2.45, 2.75) is 52.0 Å². The zero-order chi connectivity index (χ0) is 33.6. The molecular weight excluding hydrogens is 635 g/mol. The second kappa shape index (κ2) is 13.0. The number of benzene rings is 3. The molecule has 0 atom stereocenters. The molecule has 49 heavy (non-hydrogen) atoms. The first-order valence-electron chi connectivity index (χ1n) is 17.8. The van der Waals surface area contributed by atoms with E-state index in [2.05, 4.69) is 73.3 Å².